The quantitative estimate of drug-likeness (QED) is 0.213. The van der Waals surface area contributed by atoms with Gasteiger partial charge in [0.05, 0.1) is 10.9 Å². The molecular formula is C27H23N3O5. The lowest BCUT2D eigenvalue weighted by molar-refractivity contribution is -0.161. The Labute approximate surface area is 200 Å². The normalized spacial score (nSPS) is 18.3. The van der Waals surface area contributed by atoms with E-state index < -0.39 is 28.9 Å². The molecule has 5 rings (SSSR count). The van der Waals surface area contributed by atoms with Crippen molar-refractivity contribution in [2.75, 3.05) is 0 Å². The van der Waals surface area contributed by atoms with Gasteiger partial charge in [0.2, 0.25) is 11.4 Å². The van der Waals surface area contributed by atoms with Gasteiger partial charge in [-0.05, 0) is 48.2 Å². The number of ether oxygens (including phenoxy) is 1. The van der Waals surface area contributed by atoms with E-state index in [1.165, 1.54) is 0 Å². The second kappa shape index (κ2) is 8.79. The van der Waals surface area contributed by atoms with Crippen molar-refractivity contribution in [1.82, 2.24) is 14.9 Å². The predicted octanol–water partition coefficient (Wildman–Crippen LogP) is 3.12. The van der Waals surface area contributed by atoms with Crippen LogP contribution >= 0.6 is 0 Å². The molecule has 0 aliphatic carbocycles. The Kier molecular flexibility index (Phi) is 5.64. The van der Waals surface area contributed by atoms with E-state index in [1.807, 2.05) is 42.5 Å². The molecule has 2 amide bonds. The summed E-state index contributed by atoms with van der Waals surface area (Å²) in [5.74, 6) is -2.11. The van der Waals surface area contributed by atoms with Crippen LogP contribution in [0.2, 0.25) is 0 Å². The van der Waals surface area contributed by atoms with Crippen molar-refractivity contribution in [3.8, 4) is 0 Å². The lowest BCUT2D eigenvalue weighted by Gasteiger charge is -2.31. The van der Waals surface area contributed by atoms with Crippen molar-refractivity contribution in [2.45, 2.75) is 38.3 Å². The molecule has 1 fully saturated rings. The smallest absolute Gasteiger partial charge is 0.342 e. The van der Waals surface area contributed by atoms with Gasteiger partial charge in [0.25, 0.3) is 11.5 Å². The average molecular weight is 469 g/mol. The maximum atomic E-state index is 13.9. The Morgan fingerprint density at radius 3 is 2.46 bits per heavy atom. The van der Waals surface area contributed by atoms with E-state index in [1.54, 1.807) is 31.2 Å². The van der Waals surface area contributed by atoms with Crippen LogP contribution < -0.4 is 10.9 Å². The van der Waals surface area contributed by atoms with Crippen LogP contribution in [0.3, 0.4) is 0 Å². The zero-order chi connectivity index (χ0) is 24.6. The van der Waals surface area contributed by atoms with Gasteiger partial charge in [-0.2, -0.15) is 0 Å². The van der Waals surface area contributed by atoms with Gasteiger partial charge in [0.15, 0.2) is 0 Å². The monoisotopic (exact) mass is 469 g/mol. The molecule has 0 spiro atoms. The number of hydrogen-bond donors (Lipinski definition) is 1. The van der Waals surface area contributed by atoms with Crippen LogP contribution in [0.5, 0.6) is 0 Å². The molecule has 3 aromatic carbocycles. The van der Waals surface area contributed by atoms with Gasteiger partial charge in [0, 0.05) is 6.42 Å². The van der Waals surface area contributed by atoms with Gasteiger partial charge in [0.1, 0.15) is 12.4 Å². The number of carbonyl (C=O) groups is 3. The summed E-state index contributed by atoms with van der Waals surface area (Å²) in [5, 5.41) is 4.29. The number of fused-ring (bicyclic) bond motifs is 2. The first-order valence-electron chi connectivity index (χ1n) is 11.4. The minimum atomic E-state index is -2.06. The number of aryl methyl sites for hydroxylation is 1. The van der Waals surface area contributed by atoms with E-state index in [9.17, 15) is 19.2 Å². The van der Waals surface area contributed by atoms with Crippen molar-refractivity contribution in [3.05, 3.63) is 88.5 Å². The minimum absolute atomic E-state index is 0.0545. The molecule has 1 aliphatic rings. The Balaban J connectivity index is 1.69. The Bertz CT molecular complexity index is 1540. The van der Waals surface area contributed by atoms with Crippen LogP contribution in [0.25, 0.3) is 21.7 Å². The van der Waals surface area contributed by atoms with Crippen molar-refractivity contribution >= 4 is 39.5 Å². The highest BCUT2D eigenvalue weighted by Crippen LogP contribution is 2.30. The third-order valence-electron chi connectivity index (χ3n) is 6.41. The highest BCUT2D eigenvalue weighted by atomic mass is 16.5. The van der Waals surface area contributed by atoms with E-state index in [0.717, 1.165) is 20.9 Å². The summed E-state index contributed by atoms with van der Waals surface area (Å²) in [6.07, 6.45) is 0.207. The summed E-state index contributed by atoms with van der Waals surface area (Å²) in [4.78, 5) is 57.7. The number of nitrogens with zero attached hydrogens (tertiary/aromatic N) is 2. The lowest BCUT2D eigenvalue weighted by Crippen LogP contribution is -2.58. The minimum Gasteiger partial charge on any atom is -0.459 e. The molecule has 176 valence electrons. The zero-order valence-corrected chi connectivity index (χ0v) is 19.1. The fraction of sp³-hybridized carbons (Fsp3) is 0.222. The maximum absolute atomic E-state index is 13.9. The van der Waals surface area contributed by atoms with Gasteiger partial charge >= 0.3 is 5.97 Å². The summed E-state index contributed by atoms with van der Waals surface area (Å²) in [6, 6.07) is 20.1. The molecule has 1 unspecified atom stereocenters. The number of benzene rings is 3. The molecule has 0 bridgehead atoms. The average Bonchev–Trinajstić information content (AvgIpc) is 3.00. The Morgan fingerprint density at radius 1 is 1.03 bits per heavy atom. The summed E-state index contributed by atoms with van der Waals surface area (Å²) in [6.45, 7) is 1.49. The molecule has 8 heteroatoms. The van der Waals surface area contributed by atoms with E-state index >= 15 is 0 Å². The first-order valence-corrected chi connectivity index (χ1v) is 11.4. The fourth-order valence-electron chi connectivity index (χ4n) is 4.69. The number of imide groups is 1. The summed E-state index contributed by atoms with van der Waals surface area (Å²) < 4.78 is 6.68. The Hall–Kier alpha value is -4.33. The Morgan fingerprint density at radius 2 is 1.71 bits per heavy atom. The molecule has 4 aromatic rings. The van der Waals surface area contributed by atoms with Crippen LogP contribution in [0, 0.1) is 6.92 Å². The molecule has 35 heavy (non-hydrogen) atoms. The standard InChI is InChI=1S/C27H23N3O5/c1-17-28-22-15-20-11-6-5-10-19(20)14-21(22)24(32)30(17)27(13-7-12-23(31)29-25(27)33)26(34)35-16-18-8-3-2-4-9-18/h2-6,8-11,14-15H,7,12-13,16H2,1H3,(H,29,31,33). The van der Waals surface area contributed by atoms with Crippen LogP contribution in [-0.4, -0.2) is 27.3 Å². The second-order valence-corrected chi connectivity index (χ2v) is 8.67. The SMILES string of the molecule is Cc1nc2cc3ccccc3cc2c(=O)n1C1(C(=O)OCc2ccccc2)CCCC(=O)NC1=O. The molecular weight excluding hydrogens is 446 g/mol. The van der Waals surface area contributed by atoms with Gasteiger partial charge in [-0.25, -0.2) is 9.78 Å². The number of aromatic nitrogens is 2. The number of rotatable bonds is 4. The van der Waals surface area contributed by atoms with Crippen LogP contribution in [0.1, 0.15) is 30.7 Å². The predicted molar refractivity (Wildman–Crippen MR) is 129 cm³/mol. The van der Waals surface area contributed by atoms with E-state index in [2.05, 4.69) is 10.3 Å². The summed E-state index contributed by atoms with van der Waals surface area (Å²) in [5.41, 5.74) is -1.41. The zero-order valence-electron chi connectivity index (χ0n) is 19.1. The van der Waals surface area contributed by atoms with Gasteiger partial charge in [-0.3, -0.25) is 24.3 Å². The van der Waals surface area contributed by atoms with Gasteiger partial charge in [-0.1, -0.05) is 54.6 Å². The molecule has 0 saturated carbocycles. The first-order chi connectivity index (χ1) is 16.9. The number of carbonyl (C=O) groups excluding carboxylic acids is 3. The van der Waals surface area contributed by atoms with Crippen molar-refractivity contribution in [2.24, 2.45) is 0 Å². The number of nitrogens with one attached hydrogen (secondary N) is 1. The number of esters is 1. The molecule has 1 atom stereocenters. The molecule has 1 aliphatic heterocycles. The van der Waals surface area contributed by atoms with Gasteiger partial charge < -0.3 is 4.74 Å². The highest BCUT2D eigenvalue weighted by molar-refractivity contribution is 6.11. The van der Waals surface area contributed by atoms with Gasteiger partial charge in [-0.15, -0.1) is 0 Å². The van der Waals surface area contributed by atoms with E-state index in [0.29, 0.717) is 5.52 Å². The second-order valence-electron chi connectivity index (χ2n) is 8.67. The molecule has 2 heterocycles. The number of hydrogen-bond acceptors (Lipinski definition) is 6. The van der Waals surface area contributed by atoms with Crippen LogP contribution in [-0.2, 0) is 31.3 Å². The third kappa shape index (κ3) is 3.86. The molecule has 0 radical (unpaired) electrons. The summed E-state index contributed by atoms with van der Waals surface area (Å²) >= 11 is 0. The third-order valence-corrected chi connectivity index (χ3v) is 6.41. The summed E-state index contributed by atoms with van der Waals surface area (Å²) in [7, 11) is 0. The molecule has 1 N–H and O–H groups in total. The van der Waals surface area contributed by atoms with Crippen LogP contribution in [0.4, 0.5) is 0 Å². The lowest BCUT2D eigenvalue weighted by atomic mass is 9.91. The van der Waals surface area contributed by atoms with Crippen LogP contribution in [0.15, 0.2) is 71.5 Å². The molecule has 1 aromatic heterocycles. The van der Waals surface area contributed by atoms with Crippen molar-refractivity contribution < 1.29 is 19.1 Å². The maximum Gasteiger partial charge on any atom is 0.342 e. The van der Waals surface area contributed by atoms with E-state index in [-0.39, 0.29) is 37.1 Å². The topological polar surface area (TPSA) is 107 Å². The largest absolute Gasteiger partial charge is 0.459 e. The molecule has 8 nitrogen and oxygen atoms in total. The number of amides is 2. The van der Waals surface area contributed by atoms with E-state index in [4.69, 9.17) is 4.74 Å². The first kappa shape index (κ1) is 22.5. The highest BCUT2D eigenvalue weighted by Gasteiger charge is 2.52. The van der Waals surface area contributed by atoms with Crippen molar-refractivity contribution in [3.63, 3.8) is 0 Å². The van der Waals surface area contributed by atoms with Crippen molar-refractivity contribution in [1.29, 1.82) is 0 Å². The molecule has 1 saturated heterocycles. The fourth-order valence-corrected chi connectivity index (χ4v) is 4.69.